The van der Waals surface area contributed by atoms with Gasteiger partial charge in [-0.3, -0.25) is 10.4 Å². The van der Waals surface area contributed by atoms with Gasteiger partial charge in [0.1, 0.15) is 0 Å². The van der Waals surface area contributed by atoms with E-state index in [1.165, 1.54) is 22.5 Å². The van der Waals surface area contributed by atoms with E-state index in [1.807, 2.05) is 12.2 Å². The summed E-state index contributed by atoms with van der Waals surface area (Å²) in [5.41, 5.74) is 8.42. The van der Waals surface area contributed by atoms with Crippen LogP contribution in [0.15, 0.2) is 12.1 Å². The monoisotopic (exact) mass is 177 g/mol. The van der Waals surface area contributed by atoms with Crippen molar-refractivity contribution in [3.8, 4) is 0 Å². The molecule has 0 saturated carbocycles. The van der Waals surface area contributed by atoms with Crippen LogP contribution >= 0.6 is 0 Å². The number of aryl methyl sites for hydroxylation is 2. The number of benzene rings is 1. The molecule has 1 N–H and O–H groups in total. The maximum absolute atomic E-state index is 3.32. The Morgan fingerprint density at radius 1 is 1.08 bits per heavy atom. The van der Waals surface area contributed by atoms with E-state index in [4.69, 9.17) is 0 Å². The highest BCUT2D eigenvalue weighted by Gasteiger charge is 2.23. The largest absolute Gasteiger partial charge is 0.299 e. The lowest BCUT2D eigenvalue weighted by Crippen LogP contribution is -2.34. The van der Waals surface area contributed by atoms with Crippen LogP contribution in [0.4, 0.5) is 11.4 Å². The summed E-state index contributed by atoms with van der Waals surface area (Å²) in [5, 5.41) is 4.11. The lowest BCUT2D eigenvalue weighted by Gasteiger charge is -2.21. The van der Waals surface area contributed by atoms with Crippen LogP contribution < -0.4 is 10.4 Å². The molecule has 0 saturated heterocycles. The third-order valence-electron chi connectivity index (χ3n) is 2.64. The van der Waals surface area contributed by atoms with E-state index >= 15 is 0 Å². The Bertz CT molecular complexity index is 346. The topological polar surface area (TPSA) is 18.5 Å². The van der Waals surface area contributed by atoms with Crippen molar-refractivity contribution in [3.05, 3.63) is 23.3 Å². The molecule has 1 aliphatic rings. The lowest BCUT2D eigenvalue weighted by atomic mass is 10.1. The number of hydrogen-bond donors (Lipinski definition) is 1. The first-order valence-corrected chi connectivity index (χ1v) is 4.45. The summed E-state index contributed by atoms with van der Waals surface area (Å²) >= 11 is 0. The summed E-state index contributed by atoms with van der Waals surface area (Å²) in [7, 11) is 4.07. The molecule has 0 radical (unpaired) electrons. The first kappa shape index (κ1) is 8.38. The highest BCUT2D eigenvalue weighted by Crippen LogP contribution is 2.37. The molecule has 3 heteroatoms. The molecule has 1 aromatic carbocycles. The van der Waals surface area contributed by atoms with Crippen molar-refractivity contribution in [1.29, 1.82) is 0 Å². The van der Waals surface area contributed by atoms with Crippen LogP contribution in [-0.2, 0) is 0 Å². The van der Waals surface area contributed by atoms with Crippen molar-refractivity contribution < 1.29 is 0 Å². The van der Waals surface area contributed by atoms with Crippen molar-refractivity contribution in [2.75, 3.05) is 24.5 Å². The standard InChI is InChI=1S/C10H15N3/c1-7-5-6-8(2)10-9(7)11-13(4)12(10)3/h5-6,11H,1-4H3. The molecule has 2 rings (SSSR count). The van der Waals surface area contributed by atoms with E-state index in [0.29, 0.717) is 0 Å². The summed E-state index contributed by atoms with van der Waals surface area (Å²) in [6.45, 7) is 4.26. The smallest absolute Gasteiger partial charge is 0.0813 e. The lowest BCUT2D eigenvalue weighted by molar-refractivity contribution is 0.412. The molecule has 0 aromatic heterocycles. The SMILES string of the molecule is Cc1ccc(C)c2c1NN(C)N2C. The number of fused-ring (bicyclic) bond motifs is 1. The highest BCUT2D eigenvalue weighted by atomic mass is 15.8. The molecule has 0 fully saturated rings. The third-order valence-corrected chi connectivity index (χ3v) is 2.64. The molecule has 1 aromatic rings. The first-order chi connectivity index (χ1) is 6.11. The number of hydrogen-bond acceptors (Lipinski definition) is 3. The molecule has 13 heavy (non-hydrogen) atoms. The fraction of sp³-hybridized carbons (Fsp3) is 0.400. The Hall–Kier alpha value is -1.22. The quantitative estimate of drug-likeness (QED) is 0.653. The van der Waals surface area contributed by atoms with Gasteiger partial charge in [-0.2, -0.15) is 0 Å². The minimum absolute atomic E-state index is 1.23. The van der Waals surface area contributed by atoms with Crippen molar-refractivity contribution in [2.45, 2.75) is 13.8 Å². The third kappa shape index (κ3) is 1.08. The average Bonchev–Trinajstić information content (AvgIpc) is 2.38. The van der Waals surface area contributed by atoms with Crippen molar-refractivity contribution in [1.82, 2.24) is 5.12 Å². The van der Waals surface area contributed by atoms with Gasteiger partial charge in [0, 0.05) is 14.1 Å². The van der Waals surface area contributed by atoms with E-state index in [0.717, 1.165) is 0 Å². The van der Waals surface area contributed by atoms with Gasteiger partial charge >= 0.3 is 0 Å². The average molecular weight is 177 g/mol. The van der Waals surface area contributed by atoms with Gasteiger partial charge in [0.2, 0.25) is 0 Å². The van der Waals surface area contributed by atoms with E-state index in [1.54, 1.807) is 0 Å². The highest BCUT2D eigenvalue weighted by molar-refractivity contribution is 5.78. The Morgan fingerprint density at radius 3 is 2.31 bits per heavy atom. The van der Waals surface area contributed by atoms with Crippen LogP contribution in [0, 0.1) is 13.8 Å². The molecule has 1 heterocycles. The zero-order chi connectivity index (χ0) is 9.59. The van der Waals surface area contributed by atoms with Crippen LogP contribution in [0.3, 0.4) is 0 Å². The van der Waals surface area contributed by atoms with Crippen molar-refractivity contribution in [2.24, 2.45) is 0 Å². The van der Waals surface area contributed by atoms with Crippen LogP contribution in [0.2, 0.25) is 0 Å². The number of anilines is 2. The Morgan fingerprint density at radius 2 is 1.69 bits per heavy atom. The molecule has 0 unspecified atom stereocenters. The maximum Gasteiger partial charge on any atom is 0.0813 e. The maximum atomic E-state index is 3.32. The van der Waals surface area contributed by atoms with E-state index in [-0.39, 0.29) is 0 Å². The molecule has 1 aliphatic heterocycles. The number of rotatable bonds is 0. The van der Waals surface area contributed by atoms with Crippen molar-refractivity contribution >= 4 is 11.4 Å². The Kier molecular flexibility index (Phi) is 1.70. The van der Waals surface area contributed by atoms with E-state index < -0.39 is 0 Å². The van der Waals surface area contributed by atoms with Crippen LogP contribution in [0.25, 0.3) is 0 Å². The molecule has 0 bridgehead atoms. The van der Waals surface area contributed by atoms with Crippen LogP contribution in [0.1, 0.15) is 11.1 Å². The van der Waals surface area contributed by atoms with Gasteiger partial charge < -0.3 is 0 Å². The predicted octanol–water partition coefficient (Wildman–Crippen LogP) is 1.93. The van der Waals surface area contributed by atoms with Gasteiger partial charge in [-0.1, -0.05) is 12.1 Å². The Balaban J connectivity index is 2.61. The second kappa shape index (κ2) is 2.64. The second-order valence-electron chi connectivity index (χ2n) is 3.58. The fourth-order valence-corrected chi connectivity index (χ4v) is 1.74. The van der Waals surface area contributed by atoms with Crippen LogP contribution in [-0.4, -0.2) is 19.2 Å². The number of nitrogens with zero attached hydrogens (tertiary/aromatic N) is 2. The number of hydrazine groups is 2. The predicted molar refractivity (Wildman–Crippen MR) is 55.7 cm³/mol. The van der Waals surface area contributed by atoms with Crippen molar-refractivity contribution in [3.63, 3.8) is 0 Å². The minimum Gasteiger partial charge on any atom is -0.299 e. The zero-order valence-corrected chi connectivity index (χ0v) is 8.55. The molecule has 70 valence electrons. The van der Waals surface area contributed by atoms with E-state index in [2.05, 4.69) is 43.5 Å². The van der Waals surface area contributed by atoms with Gasteiger partial charge in [0.15, 0.2) is 0 Å². The summed E-state index contributed by atoms with van der Waals surface area (Å²) in [6.07, 6.45) is 0. The van der Waals surface area contributed by atoms with Crippen LogP contribution in [0.5, 0.6) is 0 Å². The van der Waals surface area contributed by atoms with Gasteiger partial charge in [-0.25, -0.2) is 0 Å². The molecule has 0 amide bonds. The molecule has 0 aliphatic carbocycles. The number of nitrogens with one attached hydrogen (secondary N) is 1. The van der Waals surface area contributed by atoms with Gasteiger partial charge in [-0.05, 0) is 25.0 Å². The fourth-order valence-electron chi connectivity index (χ4n) is 1.74. The minimum atomic E-state index is 1.23. The molecular weight excluding hydrogens is 162 g/mol. The normalized spacial score (nSPS) is 15.8. The Labute approximate surface area is 78.9 Å². The van der Waals surface area contributed by atoms with E-state index in [9.17, 15) is 0 Å². The zero-order valence-electron chi connectivity index (χ0n) is 8.55. The van der Waals surface area contributed by atoms with Gasteiger partial charge in [-0.15, -0.1) is 5.12 Å². The summed E-state index contributed by atoms with van der Waals surface area (Å²) < 4.78 is 0. The molecule has 3 nitrogen and oxygen atoms in total. The van der Waals surface area contributed by atoms with Gasteiger partial charge in [0.25, 0.3) is 0 Å². The first-order valence-electron chi connectivity index (χ1n) is 4.45. The summed E-state index contributed by atoms with van der Waals surface area (Å²) in [5.74, 6) is 0. The summed E-state index contributed by atoms with van der Waals surface area (Å²) in [4.78, 5) is 0. The second-order valence-corrected chi connectivity index (χ2v) is 3.58. The summed E-state index contributed by atoms with van der Waals surface area (Å²) in [6, 6.07) is 4.31. The van der Waals surface area contributed by atoms with Gasteiger partial charge in [0.05, 0.1) is 11.4 Å². The molecular formula is C10H15N3. The molecule has 0 spiro atoms. The molecule has 0 atom stereocenters.